The number of pyridine rings is 1. The van der Waals surface area contributed by atoms with Gasteiger partial charge in [-0.25, -0.2) is 4.79 Å². The van der Waals surface area contributed by atoms with Gasteiger partial charge in [0.15, 0.2) is 10.6 Å². The number of thiophene rings is 1. The molecule has 0 aliphatic carbocycles. The van der Waals surface area contributed by atoms with Gasteiger partial charge in [-0.15, -0.1) is 11.3 Å². The fraction of sp³-hybridized carbons (Fsp3) is 0.100. The largest absolute Gasteiger partial charge is 0.494 e. The lowest BCUT2D eigenvalue weighted by molar-refractivity contribution is 0.0603. The summed E-state index contributed by atoms with van der Waals surface area (Å²) >= 11 is 1.20. The van der Waals surface area contributed by atoms with E-state index in [0.29, 0.717) is 20.8 Å². The highest BCUT2D eigenvalue weighted by atomic mass is 32.1. The number of benzene rings is 2. The number of para-hydroxylation sites is 1. The molecule has 0 saturated heterocycles. The van der Waals surface area contributed by atoms with E-state index in [2.05, 4.69) is 0 Å². The van der Waals surface area contributed by atoms with Gasteiger partial charge >= 0.3 is 5.97 Å². The summed E-state index contributed by atoms with van der Waals surface area (Å²) in [5.41, 5.74) is 0.591. The first-order chi connectivity index (χ1) is 12.7. The first-order valence-corrected chi connectivity index (χ1v) is 8.77. The van der Waals surface area contributed by atoms with Crippen LogP contribution >= 0.6 is 11.3 Å². The fourth-order valence-electron chi connectivity index (χ4n) is 3.13. The van der Waals surface area contributed by atoms with Crippen molar-refractivity contribution in [2.45, 2.75) is 0 Å². The maximum Gasteiger partial charge on any atom is 0.351 e. The molecule has 5 nitrogen and oxygen atoms in total. The van der Waals surface area contributed by atoms with Crippen molar-refractivity contribution in [3.63, 3.8) is 0 Å². The smallest absolute Gasteiger partial charge is 0.351 e. The SMILES string of the molecule is COC(=O)c1sc2c(c1OC)c1ccccc1c(=O)n2-c1ccccc1. The first kappa shape index (κ1) is 16.4. The molecule has 26 heavy (non-hydrogen) atoms. The molecule has 0 amide bonds. The van der Waals surface area contributed by atoms with E-state index in [1.165, 1.54) is 25.6 Å². The molecular formula is C20H15NO4S. The van der Waals surface area contributed by atoms with Crippen LogP contribution in [0.5, 0.6) is 5.75 Å². The predicted molar refractivity (Wildman–Crippen MR) is 103 cm³/mol. The van der Waals surface area contributed by atoms with Crippen LogP contribution in [0.3, 0.4) is 0 Å². The lowest BCUT2D eigenvalue weighted by atomic mass is 10.1. The zero-order valence-corrected chi connectivity index (χ0v) is 15.0. The summed E-state index contributed by atoms with van der Waals surface area (Å²) < 4.78 is 12.1. The van der Waals surface area contributed by atoms with Gasteiger partial charge < -0.3 is 9.47 Å². The number of hydrogen-bond acceptors (Lipinski definition) is 5. The minimum Gasteiger partial charge on any atom is -0.494 e. The monoisotopic (exact) mass is 365 g/mol. The van der Waals surface area contributed by atoms with Crippen molar-refractivity contribution >= 4 is 38.3 Å². The molecule has 0 aliphatic heterocycles. The first-order valence-electron chi connectivity index (χ1n) is 7.95. The van der Waals surface area contributed by atoms with Crippen molar-refractivity contribution < 1.29 is 14.3 Å². The molecule has 2 aromatic heterocycles. The zero-order valence-electron chi connectivity index (χ0n) is 14.2. The molecule has 0 atom stereocenters. The second-order valence-corrected chi connectivity index (χ2v) is 6.66. The van der Waals surface area contributed by atoms with Gasteiger partial charge in [0.25, 0.3) is 5.56 Å². The summed E-state index contributed by atoms with van der Waals surface area (Å²) in [6.07, 6.45) is 0. The predicted octanol–water partition coefficient (Wildman–Crippen LogP) is 4.00. The molecule has 0 unspecified atom stereocenters. The Labute approximate surface area is 153 Å². The Balaban J connectivity index is 2.27. The third-order valence-corrected chi connectivity index (χ3v) is 5.40. The van der Waals surface area contributed by atoms with Gasteiger partial charge in [-0.2, -0.15) is 0 Å². The Hall–Kier alpha value is -3.12. The van der Waals surface area contributed by atoms with Crippen molar-refractivity contribution in [3.05, 3.63) is 69.8 Å². The number of aromatic nitrogens is 1. The van der Waals surface area contributed by atoms with Gasteiger partial charge in [0.1, 0.15) is 4.83 Å². The second-order valence-electron chi connectivity index (χ2n) is 5.66. The van der Waals surface area contributed by atoms with Crippen LogP contribution in [-0.2, 0) is 4.74 Å². The third kappa shape index (κ3) is 2.30. The Bertz CT molecular complexity index is 1190. The van der Waals surface area contributed by atoms with Crippen molar-refractivity contribution in [1.82, 2.24) is 4.57 Å². The Morgan fingerprint density at radius 1 is 0.962 bits per heavy atom. The van der Waals surface area contributed by atoms with Crippen molar-refractivity contribution in [3.8, 4) is 11.4 Å². The molecule has 0 aliphatic rings. The van der Waals surface area contributed by atoms with Crippen molar-refractivity contribution in [2.75, 3.05) is 14.2 Å². The van der Waals surface area contributed by atoms with Crippen LogP contribution in [0.4, 0.5) is 0 Å². The van der Waals surface area contributed by atoms with Crippen LogP contribution in [0, 0.1) is 0 Å². The van der Waals surface area contributed by atoms with Gasteiger partial charge in [-0.3, -0.25) is 9.36 Å². The minimum absolute atomic E-state index is 0.139. The molecule has 4 aromatic rings. The van der Waals surface area contributed by atoms with Crippen LogP contribution in [0.2, 0.25) is 0 Å². The average Bonchev–Trinajstić information content (AvgIpc) is 3.07. The zero-order chi connectivity index (χ0) is 18.3. The Morgan fingerprint density at radius 3 is 2.27 bits per heavy atom. The van der Waals surface area contributed by atoms with E-state index in [4.69, 9.17) is 9.47 Å². The highest BCUT2D eigenvalue weighted by Gasteiger charge is 2.25. The molecule has 2 heterocycles. The van der Waals surface area contributed by atoms with E-state index in [-0.39, 0.29) is 5.56 Å². The summed E-state index contributed by atoms with van der Waals surface area (Å²) in [5.74, 6) is -0.0584. The standard InChI is InChI=1S/C20H15NO4S/c1-24-16-15-13-10-6-7-11-14(13)18(22)21(12-8-4-3-5-9-12)19(15)26-17(16)20(23)25-2/h3-11H,1-2H3. The molecule has 6 heteroatoms. The molecule has 0 bridgehead atoms. The minimum atomic E-state index is -0.487. The molecule has 0 spiro atoms. The van der Waals surface area contributed by atoms with E-state index in [0.717, 1.165) is 16.5 Å². The number of carbonyl (C=O) groups excluding carboxylic acids is 1. The molecule has 0 radical (unpaired) electrons. The van der Waals surface area contributed by atoms with Crippen LogP contribution in [0.25, 0.3) is 26.7 Å². The summed E-state index contributed by atoms with van der Waals surface area (Å²) in [6, 6.07) is 16.7. The summed E-state index contributed by atoms with van der Waals surface area (Å²) in [5, 5.41) is 2.05. The summed E-state index contributed by atoms with van der Waals surface area (Å²) in [6.45, 7) is 0. The second kappa shape index (κ2) is 6.31. The van der Waals surface area contributed by atoms with Gasteiger partial charge in [0.2, 0.25) is 0 Å². The molecule has 130 valence electrons. The van der Waals surface area contributed by atoms with Crippen LogP contribution in [0.1, 0.15) is 9.67 Å². The third-order valence-electron chi connectivity index (χ3n) is 4.27. The van der Waals surface area contributed by atoms with Crippen molar-refractivity contribution in [1.29, 1.82) is 0 Å². The number of carbonyl (C=O) groups is 1. The highest BCUT2D eigenvalue weighted by molar-refractivity contribution is 7.21. The maximum absolute atomic E-state index is 13.2. The number of fused-ring (bicyclic) bond motifs is 3. The number of esters is 1. The average molecular weight is 365 g/mol. The summed E-state index contributed by atoms with van der Waals surface area (Å²) in [7, 11) is 2.84. The quantitative estimate of drug-likeness (QED) is 0.515. The van der Waals surface area contributed by atoms with Crippen LogP contribution in [0.15, 0.2) is 59.4 Å². The number of nitrogens with zero attached hydrogens (tertiary/aromatic N) is 1. The van der Waals surface area contributed by atoms with Gasteiger partial charge in [-0.05, 0) is 18.2 Å². The lowest BCUT2D eigenvalue weighted by Crippen LogP contribution is -2.18. The van der Waals surface area contributed by atoms with Crippen LogP contribution in [-0.4, -0.2) is 24.8 Å². The Morgan fingerprint density at radius 2 is 1.62 bits per heavy atom. The van der Waals surface area contributed by atoms with Crippen molar-refractivity contribution in [2.24, 2.45) is 0 Å². The molecular weight excluding hydrogens is 350 g/mol. The maximum atomic E-state index is 13.2. The Kier molecular flexibility index (Phi) is 3.97. The summed E-state index contributed by atoms with van der Waals surface area (Å²) in [4.78, 5) is 26.4. The van der Waals surface area contributed by atoms with E-state index >= 15 is 0 Å². The molecule has 0 fully saturated rings. The molecule has 0 saturated carbocycles. The number of hydrogen-bond donors (Lipinski definition) is 0. The van der Waals surface area contributed by atoms with E-state index in [1.54, 1.807) is 10.6 Å². The molecule has 4 rings (SSSR count). The van der Waals surface area contributed by atoms with Gasteiger partial charge in [0, 0.05) is 10.8 Å². The number of rotatable bonds is 3. The van der Waals surface area contributed by atoms with E-state index in [9.17, 15) is 9.59 Å². The normalized spacial score (nSPS) is 11.0. The highest BCUT2D eigenvalue weighted by Crippen LogP contribution is 2.41. The topological polar surface area (TPSA) is 57.5 Å². The van der Waals surface area contributed by atoms with E-state index in [1.807, 2.05) is 48.5 Å². The number of methoxy groups -OCH3 is 2. The molecule has 0 N–H and O–H groups in total. The van der Waals surface area contributed by atoms with Gasteiger partial charge in [-0.1, -0.05) is 36.4 Å². The molecule has 2 aromatic carbocycles. The van der Waals surface area contributed by atoms with E-state index < -0.39 is 5.97 Å². The lowest BCUT2D eigenvalue weighted by Gasteiger charge is -2.10. The number of ether oxygens (including phenoxy) is 2. The fourth-order valence-corrected chi connectivity index (χ4v) is 4.36. The van der Waals surface area contributed by atoms with Crippen LogP contribution < -0.4 is 10.3 Å². The van der Waals surface area contributed by atoms with Gasteiger partial charge in [0.05, 0.1) is 25.3 Å².